The van der Waals surface area contributed by atoms with Gasteiger partial charge in [-0.25, -0.2) is 13.4 Å². The molecule has 0 radical (unpaired) electrons. The molecule has 0 saturated heterocycles. The number of ether oxygens (including phenoxy) is 3. The van der Waals surface area contributed by atoms with Gasteiger partial charge in [0.1, 0.15) is 25.1 Å². The summed E-state index contributed by atoms with van der Waals surface area (Å²) in [5.41, 5.74) is 2.33. The lowest BCUT2D eigenvalue weighted by Gasteiger charge is -2.10. The van der Waals surface area contributed by atoms with Crippen molar-refractivity contribution in [1.82, 2.24) is 9.71 Å². The van der Waals surface area contributed by atoms with Gasteiger partial charge in [-0.15, -0.1) is 0 Å². The van der Waals surface area contributed by atoms with E-state index in [9.17, 15) is 13.2 Å². The molecular weight excluding hydrogens is 436 g/mol. The zero-order valence-electron chi connectivity index (χ0n) is 17.4. The van der Waals surface area contributed by atoms with Gasteiger partial charge in [0.2, 0.25) is 15.9 Å². The van der Waals surface area contributed by atoms with Gasteiger partial charge in [-0.2, -0.15) is 4.72 Å². The molecule has 1 aliphatic rings. The first kappa shape index (κ1) is 21.8. The minimum absolute atomic E-state index is 0.0335. The average molecular weight is 458 g/mol. The molecule has 4 rings (SSSR count). The van der Waals surface area contributed by atoms with E-state index < -0.39 is 22.5 Å². The average Bonchev–Trinajstić information content (AvgIpc) is 3.13. The number of aryl methyl sites for hydroxylation is 1. The standard InChI is InChI=1S/C22H22N2O7S/c1-15-3-5-16(6-4-15)22-24-17(14-31-22)13-30-21(25)12-23-32(26,27)18-7-8-19-20(11-18)29-10-2-9-28-19/h3-8,11,14,23H,2,9-10,12-13H2,1H3. The second kappa shape index (κ2) is 9.41. The molecule has 0 unspecified atom stereocenters. The highest BCUT2D eigenvalue weighted by molar-refractivity contribution is 7.89. The number of carbonyl (C=O) groups excluding carboxylic acids is 1. The van der Waals surface area contributed by atoms with Gasteiger partial charge >= 0.3 is 5.97 Å². The number of nitrogens with zero attached hydrogens (tertiary/aromatic N) is 1. The number of rotatable bonds is 7. The zero-order valence-corrected chi connectivity index (χ0v) is 18.2. The molecule has 0 atom stereocenters. The van der Waals surface area contributed by atoms with Crippen LogP contribution in [0.2, 0.25) is 0 Å². The highest BCUT2D eigenvalue weighted by Gasteiger charge is 2.20. The summed E-state index contributed by atoms with van der Waals surface area (Å²) >= 11 is 0. The van der Waals surface area contributed by atoms with Crippen LogP contribution in [-0.4, -0.2) is 39.1 Å². The van der Waals surface area contributed by atoms with Crippen LogP contribution in [0, 0.1) is 6.92 Å². The zero-order chi connectivity index (χ0) is 22.6. The van der Waals surface area contributed by atoms with E-state index in [1.165, 1.54) is 24.5 Å². The number of carbonyl (C=O) groups is 1. The summed E-state index contributed by atoms with van der Waals surface area (Å²) < 4.78 is 48.8. The third kappa shape index (κ3) is 5.27. The van der Waals surface area contributed by atoms with Crippen molar-refractivity contribution in [2.75, 3.05) is 19.8 Å². The number of aromatic nitrogens is 1. The fourth-order valence-electron chi connectivity index (χ4n) is 2.96. The van der Waals surface area contributed by atoms with Crippen LogP contribution in [0.5, 0.6) is 11.5 Å². The van der Waals surface area contributed by atoms with Gasteiger partial charge in [0, 0.05) is 18.1 Å². The summed E-state index contributed by atoms with van der Waals surface area (Å²) in [7, 11) is -3.94. The third-order valence-corrected chi connectivity index (χ3v) is 6.07. The maximum Gasteiger partial charge on any atom is 0.321 e. The fraction of sp³-hybridized carbons (Fsp3) is 0.273. The van der Waals surface area contributed by atoms with E-state index in [-0.39, 0.29) is 11.5 Å². The summed E-state index contributed by atoms with van der Waals surface area (Å²) in [5.74, 6) is 0.496. The van der Waals surface area contributed by atoms with E-state index in [0.717, 1.165) is 11.1 Å². The van der Waals surface area contributed by atoms with Gasteiger partial charge in [0.15, 0.2) is 11.5 Å². The molecule has 10 heteroatoms. The topological polar surface area (TPSA) is 117 Å². The number of sulfonamides is 1. The largest absolute Gasteiger partial charge is 0.490 e. The minimum atomic E-state index is -3.94. The molecule has 0 fully saturated rings. The van der Waals surface area contributed by atoms with Crippen molar-refractivity contribution in [3.05, 3.63) is 60.0 Å². The predicted molar refractivity (Wildman–Crippen MR) is 114 cm³/mol. The summed E-state index contributed by atoms with van der Waals surface area (Å²) in [4.78, 5) is 16.3. The maximum absolute atomic E-state index is 12.5. The monoisotopic (exact) mass is 458 g/mol. The Morgan fingerprint density at radius 2 is 1.84 bits per heavy atom. The van der Waals surface area contributed by atoms with Crippen LogP contribution in [0.1, 0.15) is 17.7 Å². The Bertz CT molecular complexity index is 1200. The van der Waals surface area contributed by atoms with Crippen LogP contribution < -0.4 is 14.2 Å². The maximum atomic E-state index is 12.5. The fourth-order valence-corrected chi connectivity index (χ4v) is 3.94. The lowest BCUT2D eigenvalue weighted by Crippen LogP contribution is -2.30. The first-order valence-corrected chi connectivity index (χ1v) is 11.5. The summed E-state index contributed by atoms with van der Waals surface area (Å²) in [6.07, 6.45) is 2.10. The van der Waals surface area contributed by atoms with Crippen LogP contribution >= 0.6 is 0 Å². The van der Waals surface area contributed by atoms with Gasteiger partial charge in [-0.3, -0.25) is 4.79 Å². The molecule has 0 amide bonds. The van der Waals surface area contributed by atoms with E-state index >= 15 is 0 Å². The number of esters is 1. The van der Waals surface area contributed by atoms with Crippen molar-refractivity contribution in [1.29, 1.82) is 0 Å². The number of hydrogen-bond donors (Lipinski definition) is 1. The molecule has 0 bridgehead atoms. The van der Waals surface area contributed by atoms with E-state index in [0.29, 0.717) is 42.7 Å². The van der Waals surface area contributed by atoms with Crippen LogP contribution in [0.3, 0.4) is 0 Å². The van der Waals surface area contributed by atoms with Crippen molar-refractivity contribution >= 4 is 16.0 Å². The Morgan fingerprint density at radius 3 is 2.62 bits per heavy atom. The van der Waals surface area contributed by atoms with Gasteiger partial charge in [-0.1, -0.05) is 17.7 Å². The molecule has 0 spiro atoms. The highest BCUT2D eigenvalue weighted by Crippen LogP contribution is 2.31. The Morgan fingerprint density at radius 1 is 1.09 bits per heavy atom. The summed E-state index contributed by atoms with van der Waals surface area (Å²) in [6, 6.07) is 11.9. The smallest absolute Gasteiger partial charge is 0.321 e. The molecule has 32 heavy (non-hydrogen) atoms. The van der Waals surface area contributed by atoms with Crippen molar-refractivity contribution in [2.45, 2.75) is 24.8 Å². The van der Waals surface area contributed by atoms with E-state index in [2.05, 4.69) is 9.71 Å². The highest BCUT2D eigenvalue weighted by atomic mass is 32.2. The van der Waals surface area contributed by atoms with Crippen molar-refractivity contribution in [3.8, 4) is 23.0 Å². The quantitative estimate of drug-likeness (QED) is 0.537. The second-order valence-electron chi connectivity index (χ2n) is 7.15. The molecule has 0 saturated carbocycles. The second-order valence-corrected chi connectivity index (χ2v) is 8.92. The summed E-state index contributed by atoms with van der Waals surface area (Å²) in [6.45, 7) is 2.25. The lowest BCUT2D eigenvalue weighted by molar-refractivity contribution is -0.143. The van der Waals surface area contributed by atoms with Gasteiger partial charge < -0.3 is 18.6 Å². The molecule has 3 aromatic rings. The Kier molecular flexibility index (Phi) is 6.42. The minimum Gasteiger partial charge on any atom is -0.490 e. The molecule has 0 aliphatic carbocycles. The third-order valence-electron chi connectivity index (χ3n) is 4.67. The molecule has 1 aromatic heterocycles. The van der Waals surface area contributed by atoms with E-state index in [1.54, 1.807) is 0 Å². The van der Waals surface area contributed by atoms with Gasteiger partial charge in [0.25, 0.3) is 0 Å². The molecule has 1 aliphatic heterocycles. The Labute approximate surface area is 185 Å². The molecule has 1 N–H and O–H groups in total. The molecule has 9 nitrogen and oxygen atoms in total. The lowest BCUT2D eigenvalue weighted by atomic mass is 10.1. The molecule has 168 valence electrons. The first-order chi connectivity index (χ1) is 15.4. The summed E-state index contributed by atoms with van der Waals surface area (Å²) in [5, 5.41) is 0. The van der Waals surface area contributed by atoms with Crippen molar-refractivity contribution in [2.24, 2.45) is 0 Å². The van der Waals surface area contributed by atoms with E-state index in [4.69, 9.17) is 18.6 Å². The van der Waals surface area contributed by atoms with Crippen LogP contribution in [0.4, 0.5) is 0 Å². The SMILES string of the molecule is Cc1ccc(-c2nc(COC(=O)CNS(=O)(=O)c3ccc4c(c3)OCCCO4)co2)cc1. The number of oxazole rings is 1. The molecule has 2 heterocycles. The number of hydrogen-bond acceptors (Lipinski definition) is 8. The van der Waals surface area contributed by atoms with Gasteiger partial charge in [0.05, 0.1) is 18.1 Å². The normalized spacial score (nSPS) is 13.4. The Balaban J connectivity index is 1.31. The number of fused-ring (bicyclic) bond motifs is 1. The number of nitrogens with one attached hydrogen (secondary N) is 1. The van der Waals surface area contributed by atoms with Crippen molar-refractivity contribution in [3.63, 3.8) is 0 Å². The Hall–Kier alpha value is -3.37. The first-order valence-electron chi connectivity index (χ1n) is 9.97. The molecular formula is C22H22N2O7S. The van der Waals surface area contributed by atoms with Gasteiger partial charge in [-0.05, 0) is 31.2 Å². The van der Waals surface area contributed by atoms with Crippen molar-refractivity contribution < 1.29 is 31.8 Å². The number of benzene rings is 2. The van der Waals surface area contributed by atoms with E-state index in [1.807, 2.05) is 31.2 Å². The predicted octanol–water partition coefficient (Wildman–Crippen LogP) is 2.83. The van der Waals surface area contributed by atoms with Crippen LogP contribution in [-0.2, 0) is 26.2 Å². The molecule has 2 aromatic carbocycles. The van der Waals surface area contributed by atoms with Crippen LogP contribution in [0.15, 0.2) is 58.0 Å². The van der Waals surface area contributed by atoms with Crippen LogP contribution in [0.25, 0.3) is 11.5 Å².